The molecule has 4 aliphatic carbocycles. The van der Waals surface area contributed by atoms with Gasteiger partial charge in [-0.1, -0.05) is 20.4 Å². The summed E-state index contributed by atoms with van der Waals surface area (Å²) in [5.41, 5.74) is -2.57. The molecule has 4 saturated carbocycles. The lowest BCUT2D eigenvalue weighted by molar-refractivity contribution is -0.455. The van der Waals surface area contributed by atoms with Crippen molar-refractivity contribution < 1.29 is 38.8 Å². The maximum absolute atomic E-state index is 13.8. The third-order valence-electron chi connectivity index (χ3n) is 9.35. The van der Waals surface area contributed by atoms with Gasteiger partial charge in [-0.3, -0.25) is 14.4 Å². The molecule has 6 rings (SSSR count). The number of hydrogen-bond acceptors (Lipinski definition) is 8. The Kier molecular flexibility index (Phi) is 4.42. The smallest absolute Gasteiger partial charge is 0.302 e. The molecule has 2 spiro atoms. The number of fused-ring (bicyclic) bond motifs is 2. The zero-order chi connectivity index (χ0) is 23.4. The highest BCUT2D eigenvalue weighted by molar-refractivity contribution is 6.04. The first-order valence-electron chi connectivity index (χ1n) is 11.5. The molecule has 2 aliphatic heterocycles. The second-order valence-corrected chi connectivity index (χ2v) is 11.2. The summed E-state index contributed by atoms with van der Waals surface area (Å²) in [5.74, 6) is -4.89. The summed E-state index contributed by atoms with van der Waals surface area (Å²) in [4.78, 5) is 38.0. The van der Waals surface area contributed by atoms with Gasteiger partial charge in [-0.15, -0.1) is 0 Å². The number of aliphatic hydroxyl groups is 2. The standard InChI is InChI=1S/C24H32O8/c1-11-14-8-15(31-12(2)25)17-22-10-30-24(29,23(17,9-14)19(11)27)20(28)18(22)21(4,5)7-6-16(22)32-13(3)26/h14-18,20,28-29H,1,6-10H2,2-5H3/t14-,15?,16+,17+,18-,20+,22+,23-,24-/m1/s1. The minimum atomic E-state index is -2.13. The monoisotopic (exact) mass is 448 g/mol. The molecular weight excluding hydrogens is 416 g/mol. The quantitative estimate of drug-likeness (QED) is 0.482. The summed E-state index contributed by atoms with van der Waals surface area (Å²) >= 11 is 0. The van der Waals surface area contributed by atoms with Gasteiger partial charge in [0.2, 0.25) is 5.79 Å². The lowest BCUT2D eigenvalue weighted by Gasteiger charge is -2.74. The molecule has 0 aromatic heterocycles. The maximum Gasteiger partial charge on any atom is 0.302 e. The fourth-order valence-corrected chi connectivity index (χ4v) is 8.52. The molecule has 0 aromatic rings. The fraction of sp³-hybridized carbons (Fsp3) is 0.792. The SMILES string of the molecule is C=C1C(=O)[C@@]23C[C@H]1CC(OC(C)=O)[C@H]2[C@@]12CO[C@]3(O)[C@@H](O)[C@@H]1C(C)(C)CC[C@@H]2OC(C)=O. The van der Waals surface area contributed by atoms with E-state index < -0.39 is 64.1 Å². The van der Waals surface area contributed by atoms with Gasteiger partial charge < -0.3 is 24.4 Å². The first-order valence-corrected chi connectivity index (χ1v) is 11.5. The van der Waals surface area contributed by atoms with Crippen molar-refractivity contribution in [2.45, 2.75) is 77.5 Å². The van der Waals surface area contributed by atoms with Gasteiger partial charge in [-0.25, -0.2) is 0 Å². The average Bonchev–Trinajstić information content (AvgIpc) is 2.87. The van der Waals surface area contributed by atoms with E-state index in [2.05, 4.69) is 6.58 Å². The van der Waals surface area contributed by atoms with Crippen LogP contribution in [0.15, 0.2) is 12.2 Å². The van der Waals surface area contributed by atoms with Gasteiger partial charge in [0.15, 0.2) is 5.78 Å². The average molecular weight is 449 g/mol. The van der Waals surface area contributed by atoms with E-state index in [0.717, 1.165) is 0 Å². The van der Waals surface area contributed by atoms with Crippen molar-refractivity contribution in [3.8, 4) is 0 Å². The van der Waals surface area contributed by atoms with Crippen LogP contribution in [0.2, 0.25) is 0 Å². The van der Waals surface area contributed by atoms with Crippen LogP contribution in [0.5, 0.6) is 0 Å². The van der Waals surface area contributed by atoms with E-state index in [4.69, 9.17) is 14.2 Å². The van der Waals surface area contributed by atoms with E-state index in [1.165, 1.54) is 13.8 Å². The highest BCUT2D eigenvalue weighted by atomic mass is 16.6. The first kappa shape index (κ1) is 22.0. The van der Waals surface area contributed by atoms with Crippen LogP contribution in [0, 0.1) is 34.0 Å². The van der Waals surface area contributed by atoms with E-state index in [1.54, 1.807) is 0 Å². The van der Waals surface area contributed by atoms with Gasteiger partial charge in [0.05, 0.1) is 12.0 Å². The predicted molar refractivity (Wildman–Crippen MR) is 110 cm³/mol. The summed E-state index contributed by atoms with van der Waals surface area (Å²) in [7, 11) is 0. The van der Waals surface area contributed by atoms with Crippen LogP contribution in [-0.2, 0) is 28.6 Å². The molecule has 8 nitrogen and oxygen atoms in total. The summed E-state index contributed by atoms with van der Waals surface area (Å²) in [5, 5.41) is 23.6. The maximum atomic E-state index is 13.8. The number of rotatable bonds is 2. The minimum Gasteiger partial charge on any atom is -0.462 e. The van der Waals surface area contributed by atoms with Crippen molar-refractivity contribution in [3.63, 3.8) is 0 Å². The topological polar surface area (TPSA) is 119 Å². The van der Waals surface area contributed by atoms with Crippen molar-refractivity contribution in [1.82, 2.24) is 0 Å². The van der Waals surface area contributed by atoms with Crippen LogP contribution in [0.4, 0.5) is 0 Å². The Morgan fingerprint density at radius 1 is 1.16 bits per heavy atom. The molecule has 1 unspecified atom stereocenters. The Balaban J connectivity index is 1.80. The first-order chi connectivity index (χ1) is 14.8. The number of esters is 2. The Bertz CT molecular complexity index is 925. The van der Waals surface area contributed by atoms with Crippen molar-refractivity contribution >= 4 is 17.7 Å². The number of ketones is 1. The predicted octanol–water partition coefficient (Wildman–Crippen LogP) is 1.52. The van der Waals surface area contributed by atoms with Crippen LogP contribution in [0.25, 0.3) is 0 Å². The summed E-state index contributed by atoms with van der Waals surface area (Å²) in [6.45, 7) is 10.7. The highest BCUT2D eigenvalue weighted by Gasteiger charge is 2.86. The second-order valence-electron chi connectivity index (χ2n) is 11.2. The van der Waals surface area contributed by atoms with Crippen LogP contribution in [0.1, 0.15) is 53.4 Å². The Morgan fingerprint density at radius 2 is 1.81 bits per heavy atom. The lowest BCUT2D eigenvalue weighted by atomic mass is 9.35. The molecule has 4 bridgehead atoms. The zero-order valence-electron chi connectivity index (χ0n) is 19.1. The van der Waals surface area contributed by atoms with E-state index >= 15 is 0 Å². The van der Waals surface area contributed by atoms with Crippen molar-refractivity contribution in [3.05, 3.63) is 12.2 Å². The molecule has 32 heavy (non-hydrogen) atoms. The van der Waals surface area contributed by atoms with E-state index in [0.29, 0.717) is 24.8 Å². The third kappa shape index (κ3) is 2.31. The number of aliphatic hydroxyl groups excluding tert-OH is 1. The number of hydrogen-bond donors (Lipinski definition) is 2. The second kappa shape index (κ2) is 6.42. The number of carbonyl (C=O) groups is 3. The normalized spacial score (nSPS) is 50.4. The molecule has 6 fully saturated rings. The van der Waals surface area contributed by atoms with Crippen molar-refractivity contribution in [1.29, 1.82) is 0 Å². The van der Waals surface area contributed by atoms with Crippen molar-refractivity contribution in [2.75, 3.05) is 6.61 Å². The van der Waals surface area contributed by atoms with Gasteiger partial charge in [0, 0.05) is 31.1 Å². The van der Waals surface area contributed by atoms with E-state index in [9.17, 15) is 24.6 Å². The van der Waals surface area contributed by atoms with E-state index in [1.807, 2.05) is 13.8 Å². The minimum absolute atomic E-state index is 0.00120. The third-order valence-corrected chi connectivity index (χ3v) is 9.35. The van der Waals surface area contributed by atoms with Crippen LogP contribution >= 0.6 is 0 Å². The summed E-state index contributed by atoms with van der Waals surface area (Å²) in [6.07, 6.45) is -0.844. The van der Waals surface area contributed by atoms with Crippen LogP contribution in [0.3, 0.4) is 0 Å². The summed E-state index contributed by atoms with van der Waals surface area (Å²) in [6, 6.07) is 0. The summed E-state index contributed by atoms with van der Waals surface area (Å²) < 4.78 is 17.7. The lowest BCUT2D eigenvalue weighted by Crippen LogP contribution is -2.85. The molecule has 2 N–H and O–H groups in total. The number of ether oxygens (including phenoxy) is 3. The largest absolute Gasteiger partial charge is 0.462 e. The fourth-order valence-electron chi connectivity index (χ4n) is 8.52. The van der Waals surface area contributed by atoms with Gasteiger partial charge in [-0.2, -0.15) is 0 Å². The van der Waals surface area contributed by atoms with Crippen LogP contribution < -0.4 is 0 Å². The molecular formula is C24H32O8. The van der Waals surface area contributed by atoms with Gasteiger partial charge in [0.25, 0.3) is 0 Å². The van der Waals surface area contributed by atoms with Crippen molar-refractivity contribution in [2.24, 2.45) is 34.0 Å². The molecule has 176 valence electrons. The molecule has 0 amide bonds. The molecule has 8 heteroatoms. The Morgan fingerprint density at radius 3 is 2.44 bits per heavy atom. The van der Waals surface area contributed by atoms with Gasteiger partial charge >= 0.3 is 11.9 Å². The Labute approximate surface area is 187 Å². The van der Waals surface area contributed by atoms with Gasteiger partial charge in [-0.05, 0) is 42.6 Å². The molecule has 9 atom stereocenters. The molecule has 2 heterocycles. The molecule has 6 aliphatic rings. The highest BCUT2D eigenvalue weighted by Crippen LogP contribution is 2.77. The van der Waals surface area contributed by atoms with Gasteiger partial charge in [0.1, 0.15) is 18.3 Å². The van der Waals surface area contributed by atoms with E-state index in [-0.39, 0.29) is 24.7 Å². The number of allylic oxidation sites excluding steroid dienone is 1. The molecule has 2 saturated heterocycles. The number of Topliss-reactive ketones (excluding diaryl/α,β-unsaturated/α-hetero) is 1. The zero-order valence-corrected chi connectivity index (χ0v) is 19.1. The Hall–Kier alpha value is -1.77. The molecule has 0 aromatic carbocycles. The van der Waals surface area contributed by atoms with Crippen LogP contribution in [-0.4, -0.2) is 58.6 Å². The molecule has 0 radical (unpaired) electrons. The number of carbonyl (C=O) groups excluding carboxylic acids is 3.